The average Bonchev–Trinajstić information content (AvgIpc) is 2.39. The van der Waals surface area contributed by atoms with E-state index in [1.807, 2.05) is 7.05 Å². The smallest absolute Gasteiger partial charge is 0.387 e. The van der Waals surface area contributed by atoms with E-state index >= 15 is 0 Å². The van der Waals surface area contributed by atoms with Crippen LogP contribution in [0.15, 0.2) is 24.3 Å². The number of hydrogen-bond acceptors (Lipinski definition) is 3. The Morgan fingerprint density at radius 2 is 1.84 bits per heavy atom. The quantitative estimate of drug-likeness (QED) is 0.837. The van der Waals surface area contributed by atoms with Crippen molar-refractivity contribution >= 4 is 5.91 Å². The molecule has 2 rings (SSSR count). The molecule has 0 N–H and O–H groups in total. The number of amides is 1. The molecule has 0 atom stereocenters. The van der Waals surface area contributed by atoms with Crippen LogP contribution in [0.3, 0.4) is 0 Å². The van der Waals surface area contributed by atoms with E-state index in [2.05, 4.69) is 9.64 Å². The van der Waals surface area contributed by atoms with Crippen LogP contribution >= 0.6 is 0 Å². The number of para-hydroxylation sites is 1. The third-order valence-electron chi connectivity index (χ3n) is 3.12. The fraction of sp³-hybridized carbons (Fsp3) is 0.462. The SMILES string of the molecule is CN1CCN(C(=O)c2ccccc2OC(F)F)CC1. The standard InChI is InChI=1S/C13H16F2N2O2/c1-16-6-8-17(9-7-16)12(18)10-4-2-3-5-11(10)19-13(14)15/h2-5,13H,6-9H2,1H3. The van der Waals surface area contributed by atoms with Crippen molar-refractivity contribution in [2.45, 2.75) is 6.61 Å². The Kier molecular flexibility index (Phi) is 4.31. The summed E-state index contributed by atoms with van der Waals surface area (Å²) in [6.45, 7) is -0.175. The number of halogens is 2. The van der Waals surface area contributed by atoms with Crippen molar-refractivity contribution in [1.82, 2.24) is 9.80 Å². The lowest BCUT2D eigenvalue weighted by molar-refractivity contribution is -0.0503. The minimum Gasteiger partial charge on any atom is -0.434 e. The van der Waals surface area contributed by atoms with Gasteiger partial charge in [0.05, 0.1) is 5.56 Å². The van der Waals surface area contributed by atoms with Crippen molar-refractivity contribution in [2.24, 2.45) is 0 Å². The van der Waals surface area contributed by atoms with Gasteiger partial charge in [0.2, 0.25) is 0 Å². The Bertz CT molecular complexity index is 446. The molecule has 6 heteroatoms. The number of hydrogen-bond donors (Lipinski definition) is 0. The molecule has 1 aromatic rings. The highest BCUT2D eigenvalue weighted by Crippen LogP contribution is 2.22. The molecular formula is C13H16F2N2O2. The zero-order valence-electron chi connectivity index (χ0n) is 10.7. The Labute approximate surface area is 110 Å². The number of carbonyl (C=O) groups is 1. The lowest BCUT2D eigenvalue weighted by atomic mass is 10.1. The second-order valence-electron chi connectivity index (χ2n) is 4.47. The van der Waals surface area contributed by atoms with Crippen molar-refractivity contribution in [3.8, 4) is 5.75 Å². The second-order valence-corrected chi connectivity index (χ2v) is 4.47. The molecule has 1 aromatic carbocycles. The lowest BCUT2D eigenvalue weighted by Crippen LogP contribution is -2.47. The van der Waals surface area contributed by atoms with Gasteiger partial charge in [0, 0.05) is 26.2 Å². The Balaban J connectivity index is 2.14. The molecule has 0 aliphatic carbocycles. The van der Waals surface area contributed by atoms with Gasteiger partial charge in [-0.3, -0.25) is 4.79 Å². The van der Waals surface area contributed by atoms with Gasteiger partial charge in [-0.05, 0) is 19.2 Å². The minimum absolute atomic E-state index is 0.0681. The van der Waals surface area contributed by atoms with Crippen molar-refractivity contribution in [1.29, 1.82) is 0 Å². The van der Waals surface area contributed by atoms with Gasteiger partial charge < -0.3 is 14.5 Å². The van der Waals surface area contributed by atoms with Gasteiger partial charge in [-0.25, -0.2) is 0 Å². The number of piperazine rings is 1. The van der Waals surface area contributed by atoms with Crippen LogP contribution in [0.1, 0.15) is 10.4 Å². The first-order valence-electron chi connectivity index (χ1n) is 6.09. The molecule has 1 fully saturated rings. The zero-order chi connectivity index (χ0) is 13.8. The van der Waals surface area contributed by atoms with Gasteiger partial charge >= 0.3 is 6.61 Å². The molecular weight excluding hydrogens is 254 g/mol. The number of alkyl halides is 2. The summed E-state index contributed by atoms with van der Waals surface area (Å²) in [4.78, 5) is 16.1. The van der Waals surface area contributed by atoms with E-state index in [0.717, 1.165) is 13.1 Å². The number of carbonyl (C=O) groups excluding carboxylic acids is 1. The minimum atomic E-state index is -2.93. The zero-order valence-corrected chi connectivity index (χ0v) is 10.7. The maximum atomic E-state index is 12.3. The number of nitrogens with zero attached hydrogens (tertiary/aromatic N) is 2. The largest absolute Gasteiger partial charge is 0.434 e. The molecule has 1 amide bonds. The van der Waals surface area contributed by atoms with Crippen LogP contribution in [0, 0.1) is 0 Å². The van der Waals surface area contributed by atoms with Crippen LogP contribution in [0.4, 0.5) is 8.78 Å². The van der Waals surface area contributed by atoms with E-state index in [-0.39, 0.29) is 17.2 Å². The van der Waals surface area contributed by atoms with Gasteiger partial charge in [-0.15, -0.1) is 0 Å². The molecule has 0 bridgehead atoms. The summed E-state index contributed by atoms with van der Waals surface area (Å²) in [5, 5.41) is 0. The summed E-state index contributed by atoms with van der Waals surface area (Å²) in [5.41, 5.74) is 0.187. The molecule has 1 saturated heterocycles. The number of benzene rings is 1. The monoisotopic (exact) mass is 270 g/mol. The van der Waals surface area contributed by atoms with Crippen LogP contribution in [0.5, 0.6) is 5.75 Å². The summed E-state index contributed by atoms with van der Waals surface area (Å²) in [6.07, 6.45) is 0. The van der Waals surface area contributed by atoms with E-state index in [4.69, 9.17) is 0 Å². The summed E-state index contributed by atoms with van der Waals surface area (Å²) in [6, 6.07) is 6.11. The molecule has 19 heavy (non-hydrogen) atoms. The predicted molar refractivity (Wildman–Crippen MR) is 66.5 cm³/mol. The van der Waals surface area contributed by atoms with Crippen LogP contribution in [0.25, 0.3) is 0 Å². The predicted octanol–water partition coefficient (Wildman–Crippen LogP) is 1.68. The fourth-order valence-electron chi connectivity index (χ4n) is 2.02. The first-order valence-corrected chi connectivity index (χ1v) is 6.09. The maximum absolute atomic E-state index is 12.3. The summed E-state index contributed by atoms with van der Waals surface area (Å²) in [7, 11) is 1.98. The third kappa shape index (κ3) is 3.41. The highest BCUT2D eigenvalue weighted by Gasteiger charge is 2.23. The highest BCUT2D eigenvalue weighted by atomic mass is 19.3. The number of likely N-dealkylation sites (N-methyl/N-ethyl adjacent to an activating group) is 1. The van der Waals surface area contributed by atoms with E-state index in [0.29, 0.717) is 13.1 Å². The number of rotatable bonds is 3. The van der Waals surface area contributed by atoms with E-state index in [1.54, 1.807) is 17.0 Å². The van der Waals surface area contributed by atoms with Crippen LogP contribution in [0.2, 0.25) is 0 Å². The summed E-state index contributed by atoms with van der Waals surface area (Å²) >= 11 is 0. The molecule has 0 radical (unpaired) electrons. The molecule has 0 aromatic heterocycles. The average molecular weight is 270 g/mol. The first kappa shape index (κ1) is 13.7. The summed E-state index contributed by atoms with van der Waals surface area (Å²) < 4.78 is 29.0. The van der Waals surface area contributed by atoms with Gasteiger partial charge in [0.1, 0.15) is 5.75 Å². The van der Waals surface area contributed by atoms with Crippen molar-refractivity contribution < 1.29 is 18.3 Å². The molecule has 0 unspecified atom stereocenters. The Morgan fingerprint density at radius 1 is 1.21 bits per heavy atom. The molecule has 1 aliphatic heterocycles. The van der Waals surface area contributed by atoms with E-state index < -0.39 is 6.61 Å². The number of ether oxygens (including phenoxy) is 1. The second kappa shape index (κ2) is 5.97. The normalized spacial score (nSPS) is 16.7. The fourth-order valence-corrected chi connectivity index (χ4v) is 2.02. The lowest BCUT2D eigenvalue weighted by Gasteiger charge is -2.32. The van der Waals surface area contributed by atoms with Crippen LogP contribution in [-0.2, 0) is 0 Å². The maximum Gasteiger partial charge on any atom is 0.387 e. The first-order chi connectivity index (χ1) is 9.08. The molecule has 0 spiro atoms. The molecule has 0 saturated carbocycles. The Hall–Kier alpha value is -1.69. The third-order valence-corrected chi connectivity index (χ3v) is 3.12. The van der Waals surface area contributed by atoms with Gasteiger partial charge in [0.25, 0.3) is 5.91 Å². The van der Waals surface area contributed by atoms with Crippen molar-refractivity contribution in [2.75, 3.05) is 33.2 Å². The van der Waals surface area contributed by atoms with Crippen molar-refractivity contribution in [3.63, 3.8) is 0 Å². The summed E-state index contributed by atoms with van der Waals surface area (Å²) in [5.74, 6) is -0.328. The Morgan fingerprint density at radius 3 is 2.47 bits per heavy atom. The van der Waals surface area contributed by atoms with Gasteiger partial charge in [-0.2, -0.15) is 8.78 Å². The van der Waals surface area contributed by atoms with Gasteiger partial charge in [0.15, 0.2) is 0 Å². The molecule has 1 aliphatic rings. The molecule has 4 nitrogen and oxygen atoms in total. The molecule has 104 valence electrons. The van der Waals surface area contributed by atoms with E-state index in [1.165, 1.54) is 12.1 Å². The van der Waals surface area contributed by atoms with E-state index in [9.17, 15) is 13.6 Å². The van der Waals surface area contributed by atoms with Crippen LogP contribution < -0.4 is 4.74 Å². The highest BCUT2D eigenvalue weighted by molar-refractivity contribution is 5.97. The van der Waals surface area contributed by atoms with Crippen LogP contribution in [-0.4, -0.2) is 55.5 Å². The topological polar surface area (TPSA) is 32.8 Å². The van der Waals surface area contributed by atoms with Gasteiger partial charge in [-0.1, -0.05) is 12.1 Å². The molecule has 1 heterocycles. The van der Waals surface area contributed by atoms with Crippen molar-refractivity contribution in [3.05, 3.63) is 29.8 Å².